The van der Waals surface area contributed by atoms with Crippen molar-refractivity contribution in [2.75, 3.05) is 5.32 Å². The van der Waals surface area contributed by atoms with Gasteiger partial charge in [0.25, 0.3) is 11.5 Å². The number of anilines is 1. The van der Waals surface area contributed by atoms with Gasteiger partial charge in [0.2, 0.25) is 5.91 Å². The number of aryl methyl sites for hydroxylation is 1. The highest BCUT2D eigenvalue weighted by Gasteiger charge is 2.61. The van der Waals surface area contributed by atoms with E-state index < -0.39 is 35.5 Å². The molecule has 0 aromatic carbocycles. The molecule has 3 heterocycles. The number of hydrogen-bond acceptors (Lipinski definition) is 6. The van der Waals surface area contributed by atoms with Crippen LogP contribution in [0.5, 0.6) is 0 Å². The molecule has 0 unspecified atom stereocenters. The molecule has 0 saturated heterocycles. The third kappa shape index (κ3) is 3.83. The summed E-state index contributed by atoms with van der Waals surface area (Å²) >= 11 is 0. The lowest BCUT2D eigenvalue weighted by Gasteiger charge is -2.13. The van der Waals surface area contributed by atoms with Crippen molar-refractivity contribution in [1.82, 2.24) is 14.5 Å². The molecule has 8 nitrogen and oxygen atoms in total. The molecular weight excluding hydrogens is 439 g/mol. The Labute approximate surface area is 185 Å². The number of pyridine rings is 3. The summed E-state index contributed by atoms with van der Waals surface area (Å²) in [6.45, 7) is 3.19. The summed E-state index contributed by atoms with van der Waals surface area (Å²) in [5.41, 5.74) is 0.533. The molecule has 3 aromatic rings. The summed E-state index contributed by atoms with van der Waals surface area (Å²) in [5.74, 6) is -5.86. The van der Waals surface area contributed by atoms with Crippen LogP contribution in [-0.2, 0) is 11.8 Å². The van der Waals surface area contributed by atoms with Gasteiger partial charge in [0.15, 0.2) is 5.82 Å². The average Bonchev–Trinajstić information content (AvgIpc) is 3.43. The lowest BCUT2D eigenvalue weighted by atomic mass is 10.00. The molecule has 11 heteroatoms. The summed E-state index contributed by atoms with van der Waals surface area (Å²) in [4.78, 5) is 33.1. The minimum absolute atomic E-state index is 0.0431. The number of rotatable bonds is 5. The van der Waals surface area contributed by atoms with E-state index in [9.17, 15) is 22.8 Å². The Balaban J connectivity index is 1.75. The van der Waals surface area contributed by atoms with Gasteiger partial charge in [0.05, 0.1) is 5.52 Å². The minimum Gasteiger partial charge on any atom is -0.411 e. The Hall–Kier alpha value is -3.76. The van der Waals surface area contributed by atoms with Crippen molar-refractivity contribution in [1.29, 1.82) is 0 Å². The molecule has 1 saturated carbocycles. The van der Waals surface area contributed by atoms with E-state index in [4.69, 9.17) is 5.21 Å². The maximum absolute atomic E-state index is 14.9. The molecule has 1 aliphatic rings. The van der Waals surface area contributed by atoms with Crippen molar-refractivity contribution in [2.24, 2.45) is 18.1 Å². The lowest BCUT2D eigenvalue weighted by molar-refractivity contribution is -0.119. The van der Waals surface area contributed by atoms with Crippen LogP contribution in [0.15, 0.2) is 34.5 Å². The third-order valence-corrected chi connectivity index (χ3v) is 5.78. The molecule has 0 spiro atoms. The molecule has 0 aliphatic heterocycles. The molecule has 0 radical (unpaired) electrons. The van der Waals surface area contributed by atoms with Crippen LogP contribution < -0.4 is 10.9 Å². The molecule has 1 amide bonds. The lowest BCUT2D eigenvalue weighted by Crippen LogP contribution is -2.21. The second kappa shape index (κ2) is 7.98. The van der Waals surface area contributed by atoms with Crippen molar-refractivity contribution in [2.45, 2.75) is 32.6 Å². The summed E-state index contributed by atoms with van der Waals surface area (Å²) in [6, 6.07) is 2.94. The fourth-order valence-corrected chi connectivity index (χ4v) is 3.67. The number of oxime groups is 1. The van der Waals surface area contributed by atoms with Crippen LogP contribution in [-0.4, -0.2) is 37.3 Å². The third-order valence-electron chi connectivity index (χ3n) is 5.78. The molecular formula is C22H20F3N5O3. The zero-order valence-electron chi connectivity index (χ0n) is 18.0. The van der Waals surface area contributed by atoms with Crippen molar-refractivity contribution in [3.8, 4) is 11.1 Å². The maximum atomic E-state index is 14.9. The quantitative estimate of drug-likeness (QED) is 0.344. The molecule has 1 atom stereocenters. The van der Waals surface area contributed by atoms with Gasteiger partial charge in [-0.05, 0) is 25.0 Å². The van der Waals surface area contributed by atoms with E-state index in [-0.39, 0.29) is 40.3 Å². The highest BCUT2D eigenvalue weighted by atomic mass is 19.3. The molecule has 172 valence electrons. The molecule has 0 bridgehead atoms. The van der Waals surface area contributed by atoms with Gasteiger partial charge in [0, 0.05) is 48.4 Å². The van der Waals surface area contributed by atoms with E-state index in [1.807, 2.05) is 0 Å². The van der Waals surface area contributed by atoms with E-state index in [0.717, 1.165) is 0 Å². The normalized spacial score (nSPS) is 17.3. The largest absolute Gasteiger partial charge is 0.411 e. The number of nitrogens with zero attached hydrogens (tertiary/aromatic N) is 4. The number of aromatic nitrogens is 3. The number of carbonyl (C=O) groups excluding carboxylic acids is 1. The number of hydrogen-bond donors (Lipinski definition) is 2. The average molecular weight is 459 g/mol. The number of fused-ring (bicyclic) bond motifs is 1. The van der Waals surface area contributed by atoms with Gasteiger partial charge in [-0.25, -0.2) is 18.2 Å². The van der Waals surface area contributed by atoms with Gasteiger partial charge in [0.1, 0.15) is 23.1 Å². The first-order chi connectivity index (χ1) is 15.6. The Morgan fingerprint density at radius 2 is 2.00 bits per heavy atom. The topological polar surface area (TPSA) is 109 Å². The van der Waals surface area contributed by atoms with Gasteiger partial charge < -0.3 is 15.1 Å². The number of carbonyl (C=O) groups is 1. The first-order valence-electron chi connectivity index (χ1n) is 10.1. The van der Waals surface area contributed by atoms with Crippen LogP contribution in [0.4, 0.5) is 19.0 Å². The van der Waals surface area contributed by atoms with Crippen LogP contribution in [0.1, 0.15) is 31.0 Å². The van der Waals surface area contributed by atoms with Crippen LogP contribution in [0, 0.1) is 18.7 Å². The standard InChI is InChI=1S/C22H20F3N5O3/c1-4-15(29-33)19-18(23)10(2)13(9-27-19)12-5-11-8-26-17(6-16(11)30(3)21(12)32)28-20(31)14-7-22(14,24)25/h5-6,8-9,14,33H,4,7H2,1-3H3,(H,26,28,31)/b29-15+/t14-/m1/s1. The number of amides is 1. The second-order valence-corrected chi connectivity index (χ2v) is 7.92. The summed E-state index contributed by atoms with van der Waals surface area (Å²) in [5, 5.41) is 15.0. The van der Waals surface area contributed by atoms with Crippen molar-refractivity contribution in [3.05, 3.63) is 52.0 Å². The van der Waals surface area contributed by atoms with Crippen LogP contribution >= 0.6 is 0 Å². The van der Waals surface area contributed by atoms with Gasteiger partial charge in [-0.3, -0.25) is 14.6 Å². The predicted molar refractivity (Wildman–Crippen MR) is 115 cm³/mol. The Morgan fingerprint density at radius 3 is 2.61 bits per heavy atom. The van der Waals surface area contributed by atoms with Crippen LogP contribution in [0.3, 0.4) is 0 Å². The fraction of sp³-hybridized carbons (Fsp3) is 0.318. The fourth-order valence-electron chi connectivity index (χ4n) is 3.67. The number of alkyl halides is 2. The summed E-state index contributed by atoms with van der Waals surface area (Å²) in [7, 11) is 1.50. The van der Waals surface area contributed by atoms with Crippen molar-refractivity contribution in [3.63, 3.8) is 0 Å². The van der Waals surface area contributed by atoms with Gasteiger partial charge in [-0.1, -0.05) is 12.1 Å². The first kappa shape index (κ1) is 22.4. The summed E-state index contributed by atoms with van der Waals surface area (Å²) in [6.07, 6.45) is 2.50. The van der Waals surface area contributed by atoms with E-state index in [1.54, 1.807) is 6.92 Å². The van der Waals surface area contributed by atoms with E-state index in [2.05, 4.69) is 20.4 Å². The molecule has 33 heavy (non-hydrogen) atoms. The number of nitrogens with one attached hydrogen (secondary N) is 1. The van der Waals surface area contributed by atoms with Crippen molar-refractivity contribution < 1.29 is 23.2 Å². The summed E-state index contributed by atoms with van der Waals surface area (Å²) < 4.78 is 42.5. The maximum Gasteiger partial charge on any atom is 0.260 e. The second-order valence-electron chi connectivity index (χ2n) is 7.92. The molecule has 3 aromatic heterocycles. The van der Waals surface area contributed by atoms with Crippen molar-refractivity contribution >= 4 is 28.3 Å². The molecule has 4 rings (SSSR count). The van der Waals surface area contributed by atoms with Gasteiger partial charge >= 0.3 is 0 Å². The predicted octanol–water partition coefficient (Wildman–Crippen LogP) is 3.63. The Kier molecular flexibility index (Phi) is 5.43. The number of halogens is 3. The van der Waals surface area contributed by atoms with E-state index in [0.29, 0.717) is 10.9 Å². The van der Waals surface area contributed by atoms with E-state index in [1.165, 1.54) is 43.1 Å². The zero-order chi connectivity index (χ0) is 24.1. The SMILES string of the molecule is CC/C(=N\O)c1ncc(-c2cc3cnc(NC(=O)[C@H]4CC4(F)F)cc3n(C)c2=O)c(C)c1F. The highest BCUT2D eigenvalue weighted by molar-refractivity contribution is 5.99. The van der Waals surface area contributed by atoms with Crippen LogP contribution in [0.25, 0.3) is 22.0 Å². The molecule has 1 fully saturated rings. The van der Waals surface area contributed by atoms with Gasteiger partial charge in [-0.2, -0.15) is 0 Å². The zero-order valence-corrected chi connectivity index (χ0v) is 18.0. The molecule has 2 N–H and O–H groups in total. The minimum atomic E-state index is -3.00. The first-order valence-corrected chi connectivity index (χ1v) is 10.1. The van der Waals surface area contributed by atoms with E-state index >= 15 is 0 Å². The van der Waals surface area contributed by atoms with Gasteiger partial charge in [-0.15, -0.1) is 0 Å². The molecule has 1 aliphatic carbocycles. The Bertz CT molecular complexity index is 1380. The highest BCUT2D eigenvalue weighted by Crippen LogP contribution is 2.49. The Morgan fingerprint density at radius 1 is 1.30 bits per heavy atom. The van der Waals surface area contributed by atoms with Crippen LogP contribution in [0.2, 0.25) is 0 Å². The monoisotopic (exact) mass is 459 g/mol. The smallest absolute Gasteiger partial charge is 0.260 e.